The van der Waals surface area contributed by atoms with Gasteiger partial charge in [0.15, 0.2) is 0 Å². The summed E-state index contributed by atoms with van der Waals surface area (Å²) in [5.74, 6) is -0.808. The molecule has 1 heterocycles. The number of hydrogen-bond acceptors (Lipinski definition) is 7. The van der Waals surface area contributed by atoms with Crippen LogP contribution in [-0.2, 0) is 19.0 Å². The van der Waals surface area contributed by atoms with Gasteiger partial charge in [0.05, 0.1) is 19.6 Å². The first-order chi connectivity index (χ1) is 10.7. The number of carbonyl (C=O) groups is 3. The lowest BCUT2D eigenvalue weighted by molar-refractivity contribution is -0.144. The van der Waals surface area contributed by atoms with E-state index in [4.69, 9.17) is 14.2 Å². The van der Waals surface area contributed by atoms with Crippen LogP contribution in [0.25, 0.3) is 0 Å². The van der Waals surface area contributed by atoms with Crippen molar-refractivity contribution in [2.24, 2.45) is 11.0 Å². The molecule has 1 fully saturated rings. The zero-order chi connectivity index (χ0) is 17.6. The van der Waals surface area contributed by atoms with Gasteiger partial charge in [-0.25, -0.2) is 15.0 Å². The van der Waals surface area contributed by atoms with Crippen molar-refractivity contribution in [3.8, 4) is 0 Å². The summed E-state index contributed by atoms with van der Waals surface area (Å²) in [4.78, 5) is 36.4. The first kappa shape index (κ1) is 18.7. The Morgan fingerprint density at radius 3 is 2.52 bits per heavy atom. The molecule has 0 saturated carbocycles. The highest BCUT2D eigenvalue weighted by molar-refractivity contribution is 6.00. The number of amidine groups is 1. The second-order valence-electron chi connectivity index (χ2n) is 5.88. The summed E-state index contributed by atoms with van der Waals surface area (Å²) in [5.41, 5.74) is 1.48. The number of rotatable bonds is 3. The third-order valence-electron chi connectivity index (χ3n) is 2.84. The van der Waals surface area contributed by atoms with E-state index >= 15 is 0 Å². The van der Waals surface area contributed by atoms with Gasteiger partial charge in [0, 0.05) is 13.0 Å². The third kappa shape index (κ3) is 5.76. The van der Waals surface area contributed by atoms with Crippen LogP contribution >= 0.6 is 0 Å². The summed E-state index contributed by atoms with van der Waals surface area (Å²) in [6, 6.07) is 0. The fraction of sp³-hybridized carbons (Fsp3) is 0.714. The molecular weight excluding hydrogens is 306 g/mol. The maximum Gasteiger partial charge on any atom is 0.427 e. The maximum absolute atomic E-state index is 12.2. The first-order valence-electron chi connectivity index (χ1n) is 7.25. The van der Waals surface area contributed by atoms with Crippen LogP contribution in [0.4, 0.5) is 9.59 Å². The van der Waals surface area contributed by atoms with Gasteiger partial charge >= 0.3 is 18.2 Å². The van der Waals surface area contributed by atoms with E-state index in [1.165, 1.54) is 12.0 Å². The molecule has 1 unspecified atom stereocenters. The Hall–Kier alpha value is -2.32. The predicted molar refractivity (Wildman–Crippen MR) is 80.7 cm³/mol. The molecule has 2 amide bonds. The molecule has 0 spiro atoms. The van der Waals surface area contributed by atoms with Crippen molar-refractivity contribution in [1.29, 1.82) is 0 Å². The van der Waals surface area contributed by atoms with Gasteiger partial charge in [0.1, 0.15) is 11.4 Å². The second kappa shape index (κ2) is 7.80. The van der Waals surface area contributed by atoms with Crippen molar-refractivity contribution in [3.05, 3.63) is 0 Å². The highest BCUT2D eigenvalue weighted by Gasteiger charge is 2.39. The van der Waals surface area contributed by atoms with Gasteiger partial charge in [-0.15, -0.1) is 0 Å². The average Bonchev–Trinajstić information content (AvgIpc) is 2.87. The van der Waals surface area contributed by atoms with Crippen molar-refractivity contribution in [3.63, 3.8) is 0 Å². The van der Waals surface area contributed by atoms with Gasteiger partial charge in [0.25, 0.3) is 0 Å². The quantitative estimate of drug-likeness (QED) is 0.477. The molecule has 23 heavy (non-hydrogen) atoms. The summed E-state index contributed by atoms with van der Waals surface area (Å²) in [5, 5.41) is 3.85. The minimum atomic E-state index is -0.745. The monoisotopic (exact) mass is 329 g/mol. The first-order valence-corrected chi connectivity index (χ1v) is 7.25. The smallest absolute Gasteiger partial charge is 0.427 e. The number of hydrogen-bond donors (Lipinski definition) is 1. The molecule has 0 bridgehead atoms. The number of carbonyl (C=O) groups excluding carboxylic acids is 3. The van der Waals surface area contributed by atoms with Crippen LogP contribution in [0.15, 0.2) is 5.10 Å². The molecular formula is C14H23N3O6. The van der Waals surface area contributed by atoms with Crippen LogP contribution in [-0.4, -0.2) is 54.8 Å². The highest BCUT2D eigenvalue weighted by Crippen LogP contribution is 2.22. The van der Waals surface area contributed by atoms with Crippen LogP contribution < -0.4 is 5.43 Å². The average molecular weight is 329 g/mol. The standard InChI is InChI=1S/C14H23N3O6/c1-6-22-12(19)16-15-10-7-9(11(18)21-5)8-17(10)13(20)23-14(2,3)4/h9H,6-8H2,1-5H3,(H,16,19)/b15-10+. The number of hydrazone groups is 1. The van der Waals surface area contributed by atoms with Gasteiger partial charge < -0.3 is 14.2 Å². The van der Waals surface area contributed by atoms with E-state index in [1.54, 1.807) is 27.7 Å². The second-order valence-corrected chi connectivity index (χ2v) is 5.88. The summed E-state index contributed by atoms with van der Waals surface area (Å²) in [7, 11) is 1.27. The van der Waals surface area contributed by atoms with E-state index in [0.717, 1.165) is 0 Å². The molecule has 0 aliphatic carbocycles. The lowest BCUT2D eigenvalue weighted by Crippen LogP contribution is -2.39. The van der Waals surface area contributed by atoms with E-state index in [9.17, 15) is 14.4 Å². The molecule has 9 nitrogen and oxygen atoms in total. The van der Waals surface area contributed by atoms with Crippen molar-refractivity contribution < 1.29 is 28.6 Å². The fourth-order valence-electron chi connectivity index (χ4n) is 1.92. The predicted octanol–water partition coefficient (Wildman–Crippen LogP) is 1.48. The molecule has 1 aliphatic rings. The number of nitrogens with one attached hydrogen (secondary N) is 1. The topological polar surface area (TPSA) is 107 Å². The van der Waals surface area contributed by atoms with E-state index in [-0.39, 0.29) is 25.4 Å². The molecule has 1 rings (SSSR count). The summed E-state index contributed by atoms with van der Waals surface area (Å²) >= 11 is 0. The lowest BCUT2D eigenvalue weighted by atomic mass is 10.1. The number of likely N-dealkylation sites (tertiary alicyclic amines) is 1. The molecule has 1 saturated heterocycles. The number of methoxy groups -OCH3 is 1. The number of esters is 1. The Bertz CT molecular complexity index is 497. The van der Waals surface area contributed by atoms with Gasteiger partial charge in [0.2, 0.25) is 0 Å². The highest BCUT2D eigenvalue weighted by atomic mass is 16.6. The van der Waals surface area contributed by atoms with Gasteiger partial charge in [-0.1, -0.05) is 0 Å². The number of amides is 2. The third-order valence-corrected chi connectivity index (χ3v) is 2.84. The molecule has 0 aromatic heterocycles. The van der Waals surface area contributed by atoms with Crippen LogP contribution in [0.2, 0.25) is 0 Å². The minimum absolute atomic E-state index is 0.0743. The Labute approximate surface area is 134 Å². The number of ether oxygens (including phenoxy) is 3. The largest absolute Gasteiger partial charge is 0.469 e. The lowest BCUT2D eigenvalue weighted by Gasteiger charge is -2.24. The van der Waals surface area contributed by atoms with Crippen LogP contribution in [0.3, 0.4) is 0 Å². The zero-order valence-electron chi connectivity index (χ0n) is 14.0. The molecule has 1 aliphatic heterocycles. The summed E-state index contributed by atoms with van der Waals surface area (Å²) in [6.07, 6.45) is -1.24. The normalized spacial score (nSPS) is 19.4. The van der Waals surface area contributed by atoms with Crippen molar-refractivity contribution in [1.82, 2.24) is 10.3 Å². The molecule has 1 atom stereocenters. The maximum atomic E-state index is 12.2. The van der Waals surface area contributed by atoms with Crippen LogP contribution in [0, 0.1) is 5.92 Å². The zero-order valence-corrected chi connectivity index (χ0v) is 14.0. The fourth-order valence-corrected chi connectivity index (χ4v) is 1.92. The van der Waals surface area contributed by atoms with E-state index in [0.29, 0.717) is 0 Å². The minimum Gasteiger partial charge on any atom is -0.469 e. The molecule has 0 aromatic rings. The molecule has 0 radical (unpaired) electrons. The van der Waals surface area contributed by atoms with Gasteiger partial charge in [-0.2, -0.15) is 5.10 Å². The van der Waals surface area contributed by atoms with Crippen LogP contribution in [0.1, 0.15) is 34.1 Å². The van der Waals surface area contributed by atoms with E-state index < -0.39 is 29.7 Å². The Morgan fingerprint density at radius 2 is 2.00 bits per heavy atom. The Morgan fingerprint density at radius 1 is 1.35 bits per heavy atom. The molecule has 130 valence electrons. The van der Waals surface area contributed by atoms with Gasteiger partial charge in [-0.3, -0.25) is 9.69 Å². The molecule has 0 aromatic carbocycles. The summed E-state index contributed by atoms with van der Waals surface area (Å²) in [6.45, 7) is 7.11. The SMILES string of the molecule is CCOC(=O)N/N=C1\CC(C(=O)OC)CN1C(=O)OC(C)(C)C. The van der Waals surface area contributed by atoms with E-state index in [2.05, 4.69) is 10.5 Å². The number of nitrogens with zero attached hydrogens (tertiary/aromatic N) is 2. The summed E-state index contributed by atoms with van der Waals surface area (Å²) < 4.78 is 14.7. The molecule has 1 N–H and O–H groups in total. The van der Waals surface area contributed by atoms with Gasteiger partial charge in [-0.05, 0) is 27.7 Å². The molecule has 9 heteroatoms. The van der Waals surface area contributed by atoms with E-state index in [1.807, 2.05) is 0 Å². The van der Waals surface area contributed by atoms with Crippen molar-refractivity contribution in [2.45, 2.75) is 39.7 Å². The van der Waals surface area contributed by atoms with Crippen molar-refractivity contribution in [2.75, 3.05) is 20.3 Å². The Kier molecular flexibility index (Phi) is 6.35. The van der Waals surface area contributed by atoms with Crippen molar-refractivity contribution >= 4 is 24.0 Å². The van der Waals surface area contributed by atoms with Crippen LogP contribution in [0.5, 0.6) is 0 Å². The Balaban J connectivity index is 2.88.